The fourth-order valence-corrected chi connectivity index (χ4v) is 5.89. The molecule has 3 nitrogen and oxygen atoms in total. The van der Waals surface area contributed by atoms with Gasteiger partial charge in [0.15, 0.2) is 5.82 Å². The molecule has 42 heavy (non-hydrogen) atoms. The summed E-state index contributed by atoms with van der Waals surface area (Å²) in [5.74, 6) is 0.321. The number of benzene rings is 6. The van der Waals surface area contributed by atoms with Crippen LogP contribution in [0.4, 0.5) is 4.39 Å². The fraction of sp³-hybridized carbons (Fsp3) is 0. The van der Waals surface area contributed by atoms with Crippen molar-refractivity contribution in [3.8, 4) is 39.5 Å². The van der Waals surface area contributed by atoms with E-state index in [9.17, 15) is 4.39 Å². The average molecular weight is 542 g/mol. The third-order valence-corrected chi connectivity index (χ3v) is 7.85. The smallest absolute Gasteiger partial charge is 0.160 e. The Morgan fingerprint density at radius 3 is 1.93 bits per heavy atom. The molecule has 0 bridgehead atoms. The van der Waals surface area contributed by atoms with Gasteiger partial charge in [0, 0.05) is 33.0 Å². The maximum Gasteiger partial charge on any atom is 0.160 e. The second-order valence-corrected chi connectivity index (χ2v) is 10.4. The highest BCUT2D eigenvalue weighted by Crippen LogP contribution is 2.37. The summed E-state index contributed by atoms with van der Waals surface area (Å²) in [4.78, 5) is 9.87. The Labute approximate surface area is 242 Å². The Bertz CT molecular complexity index is 2250. The highest BCUT2D eigenvalue weighted by Gasteiger charge is 2.16. The van der Waals surface area contributed by atoms with Gasteiger partial charge in [-0.05, 0) is 65.7 Å². The second-order valence-electron chi connectivity index (χ2n) is 10.4. The second kappa shape index (κ2) is 9.79. The molecule has 0 aliphatic rings. The van der Waals surface area contributed by atoms with Crippen molar-refractivity contribution in [3.63, 3.8) is 0 Å². The number of hydrogen-bond acceptors (Lipinski definition) is 2. The van der Waals surface area contributed by atoms with Crippen LogP contribution in [0.3, 0.4) is 0 Å². The molecule has 0 saturated carbocycles. The first-order valence-electron chi connectivity index (χ1n) is 14.0. The molecule has 0 radical (unpaired) electrons. The summed E-state index contributed by atoms with van der Waals surface area (Å²) in [6.45, 7) is 0. The Morgan fingerprint density at radius 2 is 1.12 bits per heavy atom. The molecule has 198 valence electrons. The van der Waals surface area contributed by atoms with Crippen molar-refractivity contribution in [2.45, 2.75) is 0 Å². The molecule has 0 fully saturated rings. The summed E-state index contributed by atoms with van der Waals surface area (Å²) in [5, 5.41) is 3.27. The number of halogens is 1. The predicted molar refractivity (Wildman–Crippen MR) is 170 cm³/mol. The third-order valence-electron chi connectivity index (χ3n) is 7.85. The van der Waals surface area contributed by atoms with E-state index in [1.165, 1.54) is 28.4 Å². The summed E-state index contributed by atoms with van der Waals surface area (Å²) >= 11 is 0. The molecule has 6 aromatic carbocycles. The number of rotatable bonds is 4. The Morgan fingerprint density at radius 1 is 0.452 bits per heavy atom. The van der Waals surface area contributed by atoms with Crippen LogP contribution >= 0.6 is 0 Å². The minimum atomic E-state index is -0.295. The van der Waals surface area contributed by atoms with Gasteiger partial charge < -0.3 is 4.57 Å². The lowest BCUT2D eigenvalue weighted by Gasteiger charge is -2.12. The number of hydrogen-bond donors (Lipinski definition) is 0. The molecular weight excluding hydrogens is 517 g/mol. The topological polar surface area (TPSA) is 30.7 Å². The van der Waals surface area contributed by atoms with Crippen LogP contribution in [-0.2, 0) is 0 Å². The van der Waals surface area contributed by atoms with Gasteiger partial charge in [-0.3, -0.25) is 0 Å². The number of para-hydroxylation sites is 2. The molecule has 0 atom stereocenters. The summed E-state index contributed by atoms with van der Waals surface area (Å²) in [6, 6.07) is 48.4. The minimum Gasteiger partial charge on any atom is -0.309 e. The lowest BCUT2D eigenvalue weighted by Crippen LogP contribution is -1.96. The molecule has 8 aromatic rings. The first kappa shape index (κ1) is 24.2. The molecule has 0 unspecified atom stereocenters. The Hall–Kier alpha value is -5.61. The molecular formula is C38H24FN3. The largest absolute Gasteiger partial charge is 0.309 e. The van der Waals surface area contributed by atoms with Crippen LogP contribution < -0.4 is 0 Å². The summed E-state index contributed by atoms with van der Waals surface area (Å²) in [5.41, 5.74) is 8.77. The van der Waals surface area contributed by atoms with E-state index < -0.39 is 0 Å². The highest BCUT2D eigenvalue weighted by atomic mass is 19.1. The standard InChI is InChI=1S/C38H24FN3/c39-29-13-9-12-28(22-29)37-33-24-26(18-20-34(33)40-38(41-37)25-10-3-1-4-11-25)27-19-21-36-32(23-27)31-16-7-8-17-35(31)42(36)30-14-5-2-6-15-30/h1-24H. The molecule has 0 aliphatic heterocycles. The molecule has 0 aliphatic carbocycles. The summed E-state index contributed by atoms with van der Waals surface area (Å²) < 4.78 is 16.7. The van der Waals surface area contributed by atoms with Gasteiger partial charge in [0.2, 0.25) is 0 Å². The van der Waals surface area contributed by atoms with E-state index in [1.807, 2.05) is 48.5 Å². The number of aromatic nitrogens is 3. The average Bonchev–Trinajstić information content (AvgIpc) is 3.38. The van der Waals surface area contributed by atoms with Gasteiger partial charge in [-0.15, -0.1) is 0 Å². The molecule has 0 amide bonds. The van der Waals surface area contributed by atoms with Crippen LogP contribution in [-0.4, -0.2) is 14.5 Å². The number of nitrogens with zero attached hydrogens (tertiary/aromatic N) is 3. The van der Waals surface area contributed by atoms with Crippen molar-refractivity contribution < 1.29 is 4.39 Å². The Kier molecular flexibility index (Phi) is 5.64. The molecule has 2 heterocycles. The Balaban J connectivity index is 1.34. The van der Waals surface area contributed by atoms with Crippen molar-refractivity contribution >= 4 is 32.7 Å². The van der Waals surface area contributed by atoms with E-state index >= 15 is 0 Å². The quantitative estimate of drug-likeness (QED) is 0.222. The molecule has 0 saturated heterocycles. The predicted octanol–water partition coefficient (Wildman–Crippen LogP) is 9.87. The number of fused-ring (bicyclic) bond motifs is 4. The van der Waals surface area contributed by atoms with Gasteiger partial charge in [-0.2, -0.15) is 0 Å². The van der Waals surface area contributed by atoms with Crippen LogP contribution in [0.25, 0.3) is 72.2 Å². The van der Waals surface area contributed by atoms with E-state index in [-0.39, 0.29) is 5.82 Å². The first-order valence-corrected chi connectivity index (χ1v) is 14.0. The maximum atomic E-state index is 14.4. The van der Waals surface area contributed by atoms with Crippen molar-refractivity contribution in [2.24, 2.45) is 0 Å². The van der Waals surface area contributed by atoms with Crippen molar-refractivity contribution in [1.29, 1.82) is 0 Å². The SMILES string of the molecule is Fc1cccc(-c2nc(-c3ccccc3)nc3ccc(-c4ccc5c(c4)c4ccccc4n5-c4ccccc4)cc23)c1. The van der Waals surface area contributed by atoms with E-state index in [1.54, 1.807) is 6.07 Å². The van der Waals surface area contributed by atoms with E-state index in [4.69, 9.17) is 9.97 Å². The van der Waals surface area contributed by atoms with Gasteiger partial charge in [0.05, 0.1) is 22.2 Å². The molecule has 0 spiro atoms. The normalized spacial score (nSPS) is 11.5. The highest BCUT2D eigenvalue weighted by molar-refractivity contribution is 6.10. The zero-order valence-electron chi connectivity index (χ0n) is 22.6. The van der Waals surface area contributed by atoms with Gasteiger partial charge in [-0.1, -0.05) is 91.0 Å². The van der Waals surface area contributed by atoms with Gasteiger partial charge in [0.1, 0.15) is 5.82 Å². The van der Waals surface area contributed by atoms with Gasteiger partial charge in [-0.25, -0.2) is 14.4 Å². The van der Waals surface area contributed by atoms with Crippen LogP contribution in [0.5, 0.6) is 0 Å². The zero-order chi connectivity index (χ0) is 28.0. The van der Waals surface area contributed by atoms with E-state index in [0.717, 1.165) is 44.4 Å². The lowest BCUT2D eigenvalue weighted by molar-refractivity contribution is 0.628. The summed E-state index contributed by atoms with van der Waals surface area (Å²) in [6.07, 6.45) is 0. The van der Waals surface area contributed by atoms with Crippen LogP contribution in [0, 0.1) is 5.82 Å². The van der Waals surface area contributed by atoms with Crippen molar-refractivity contribution in [3.05, 3.63) is 151 Å². The zero-order valence-corrected chi connectivity index (χ0v) is 22.6. The minimum absolute atomic E-state index is 0.295. The van der Waals surface area contributed by atoms with Crippen LogP contribution in [0.15, 0.2) is 146 Å². The van der Waals surface area contributed by atoms with E-state index in [2.05, 4.69) is 83.4 Å². The monoisotopic (exact) mass is 541 g/mol. The molecule has 2 aromatic heterocycles. The van der Waals surface area contributed by atoms with Crippen LogP contribution in [0.2, 0.25) is 0 Å². The van der Waals surface area contributed by atoms with E-state index in [0.29, 0.717) is 11.5 Å². The first-order chi connectivity index (χ1) is 20.7. The van der Waals surface area contributed by atoms with Gasteiger partial charge >= 0.3 is 0 Å². The fourth-order valence-electron chi connectivity index (χ4n) is 5.89. The lowest BCUT2D eigenvalue weighted by atomic mass is 9.98. The summed E-state index contributed by atoms with van der Waals surface area (Å²) in [7, 11) is 0. The maximum absolute atomic E-state index is 14.4. The van der Waals surface area contributed by atoms with Crippen LogP contribution in [0.1, 0.15) is 0 Å². The molecule has 4 heteroatoms. The van der Waals surface area contributed by atoms with Crippen molar-refractivity contribution in [2.75, 3.05) is 0 Å². The van der Waals surface area contributed by atoms with Gasteiger partial charge in [0.25, 0.3) is 0 Å². The molecule has 8 rings (SSSR count). The molecule has 0 N–H and O–H groups in total. The third kappa shape index (κ3) is 4.04. The van der Waals surface area contributed by atoms with Crippen molar-refractivity contribution in [1.82, 2.24) is 14.5 Å².